The van der Waals surface area contributed by atoms with Gasteiger partial charge in [0.25, 0.3) is 17.7 Å². The van der Waals surface area contributed by atoms with Crippen LogP contribution in [0.4, 0.5) is 24.4 Å². The highest BCUT2D eigenvalue weighted by atomic mass is 32.1. The third-order valence-corrected chi connectivity index (χ3v) is 17.8. The number of benzene rings is 2. The number of nitrogens with two attached hydrogens (primary N) is 1. The fourth-order valence-corrected chi connectivity index (χ4v) is 14.2. The van der Waals surface area contributed by atoms with Crippen molar-refractivity contribution in [1.82, 2.24) is 34.7 Å². The summed E-state index contributed by atoms with van der Waals surface area (Å²) in [5, 5.41) is 11.0. The van der Waals surface area contributed by atoms with Crippen LogP contribution in [0.1, 0.15) is 106 Å². The standard InChI is InChI=1S/C27H37N5O3S.C25H31N5O5S/c1-3-28-26(35)29-23-22(20-8-5-6-9-21(20)36-23)24(33)31-15-10-19(11-16-31)32-14-7-12-27(18-32)13-17-30(4-2)25(27)34;1-15(2)30-22(32)25(35-24(30)34)10-5-11-29(14-25)16-8-12-28(13-9-16)21(31)19-17-6-3-4-7-18(17)36-20(19)27-23(26)33/h5-6,8-9,19H,3-4,7,10-18H2,1-2H3,(H2,28,29,35);3-4,6-7,15-16H,5,8-14H2,1-2H3,(H3,26,27,33). The number of likely N-dealkylation sites (tertiary alicyclic amines) is 5. The molecular formula is C52H68N10O8S2. The van der Waals surface area contributed by atoms with Gasteiger partial charge < -0.3 is 30.5 Å². The van der Waals surface area contributed by atoms with Crippen molar-refractivity contribution in [2.75, 3.05) is 82.6 Å². The third-order valence-electron chi connectivity index (χ3n) is 15.6. The van der Waals surface area contributed by atoms with E-state index >= 15 is 0 Å². The molecule has 6 fully saturated rings. The monoisotopic (exact) mass is 1020 g/mol. The Morgan fingerprint density at radius 3 is 1.72 bits per heavy atom. The molecule has 8 heterocycles. The number of hydrogen-bond acceptors (Lipinski definition) is 12. The lowest BCUT2D eigenvalue weighted by atomic mass is 9.77. The fraction of sp³-hybridized carbons (Fsp3) is 0.558. The van der Waals surface area contributed by atoms with E-state index in [0.29, 0.717) is 78.8 Å². The van der Waals surface area contributed by atoms with Crippen molar-refractivity contribution < 1.29 is 38.3 Å². The minimum atomic E-state index is -1.10. The minimum absolute atomic E-state index is 0.0163. The number of carbonyl (C=O) groups excluding carboxylic acids is 7. The van der Waals surface area contributed by atoms with Crippen molar-refractivity contribution >= 4 is 94.6 Å². The van der Waals surface area contributed by atoms with Crippen molar-refractivity contribution in [1.29, 1.82) is 0 Å². The summed E-state index contributed by atoms with van der Waals surface area (Å²) in [4.78, 5) is 101. The van der Waals surface area contributed by atoms with Crippen LogP contribution in [0.2, 0.25) is 0 Å². The topological polar surface area (TPSA) is 210 Å². The molecule has 386 valence electrons. The highest BCUT2D eigenvalue weighted by Crippen LogP contribution is 2.43. The number of hydrogen-bond donors (Lipinski definition) is 4. The van der Waals surface area contributed by atoms with E-state index in [1.54, 1.807) is 0 Å². The highest BCUT2D eigenvalue weighted by molar-refractivity contribution is 7.24. The number of fused-ring (bicyclic) bond motifs is 2. The summed E-state index contributed by atoms with van der Waals surface area (Å²) in [6, 6.07) is 14.8. The number of nitrogens with zero attached hydrogens (tertiary/aromatic N) is 6. The maximum Gasteiger partial charge on any atom is 0.418 e. The Morgan fingerprint density at radius 1 is 0.694 bits per heavy atom. The molecule has 18 nitrogen and oxygen atoms in total. The Balaban J connectivity index is 0.000000178. The number of ether oxygens (including phenoxy) is 1. The van der Waals surface area contributed by atoms with E-state index in [2.05, 4.69) is 32.7 Å². The predicted octanol–water partition coefficient (Wildman–Crippen LogP) is 7.20. The lowest BCUT2D eigenvalue weighted by Gasteiger charge is -2.45. The van der Waals surface area contributed by atoms with Gasteiger partial charge in [0, 0.05) is 97.2 Å². The number of amides is 9. The van der Waals surface area contributed by atoms with Gasteiger partial charge >= 0.3 is 18.2 Å². The van der Waals surface area contributed by atoms with Crippen molar-refractivity contribution in [3.63, 3.8) is 0 Å². The molecule has 20 heteroatoms. The molecule has 0 saturated carbocycles. The van der Waals surface area contributed by atoms with E-state index in [-0.39, 0.29) is 41.3 Å². The van der Waals surface area contributed by atoms with Gasteiger partial charge in [-0.25, -0.2) is 19.3 Å². The summed E-state index contributed by atoms with van der Waals surface area (Å²) in [5.74, 6) is -0.0352. The first-order valence-corrected chi connectivity index (χ1v) is 27.4. The molecule has 6 aliphatic rings. The van der Waals surface area contributed by atoms with Crippen LogP contribution in [0.25, 0.3) is 20.2 Å². The average molecular weight is 1030 g/mol. The van der Waals surface area contributed by atoms with Crippen LogP contribution in [0.5, 0.6) is 0 Å². The summed E-state index contributed by atoms with van der Waals surface area (Å²) in [6.07, 6.45) is 7.12. The fourth-order valence-electron chi connectivity index (χ4n) is 12.0. The van der Waals surface area contributed by atoms with Gasteiger partial charge in [-0.15, -0.1) is 22.7 Å². The SMILES string of the molecule is CC(C)N1C(=O)OC2(CCCN(C3CCN(C(=O)c4c(NC(N)=O)sc5ccccc45)CC3)C2)C1=O.CCNC(=O)Nc1sc2ccccc2c1C(=O)N1CCC(N2CCCC3(CCN(CC)C3=O)C2)CC1. The summed E-state index contributed by atoms with van der Waals surface area (Å²) < 4.78 is 7.57. The number of urea groups is 2. The molecule has 2 aromatic carbocycles. The first kappa shape index (κ1) is 51.1. The molecule has 2 spiro atoms. The van der Waals surface area contributed by atoms with E-state index in [0.717, 1.165) is 104 Å². The molecule has 2 atom stereocenters. The molecule has 2 aromatic heterocycles. The van der Waals surface area contributed by atoms with Crippen molar-refractivity contribution in [3.8, 4) is 0 Å². The van der Waals surface area contributed by atoms with E-state index in [4.69, 9.17) is 10.5 Å². The molecule has 2 unspecified atom stereocenters. The van der Waals surface area contributed by atoms with E-state index < -0.39 is 17.7 Å². The zero-order chi connectivity index (χ0) is 50.9. The van der Waals surface area contributed by atoms with E-state index in [9.17, 15) is 33.6 Å². The molecule has 5 N–H and O–H groups in total. The van der Waals surface area contributed by atoms with Crippen LogP contribution in [0.15, 0.2) is 48.5 Å². The first-order valence-electron chi connectivity index (χ1n) is 25.7. The van der Waals surface area contributed by atoms with Crippen LogP contribution >= 0.6 is 22.7 Å². The molecule has 4 aromatic rings. The van der Waals surface area contributed by atoms with Crippen LogP contribution in [0, 0.1) is 5.41 Å². The Bertz CT molecular complexity index is 2730. The van der Waals surface area contributed by atoms with Gasteiger partial charge in [0.15, 0.2) is 0 Å². The number of carbonyl (C=O) groups is 7. The molecule has 0 bridgehead atoms. The Hall–Kier alpha value is -5.83. The molecule has 72 heavy (non-hydrogen) atoms. The van der Waals surface area contributed by atoms with Crippen LogP contribution in [-0.2, 0) is 14.3 Å². The number of anilines is 2. The third kappa shape index (κ3) is 9.98. The lowest BCUT2D eigenvalue weighted by molar-refractivity contribution is -0.143. The number of nitrogens with one attached hydrogen (secondary N) is 3. The second-order valence-corrected chi connectivity index (χ2v) is 22.4. The van der Waals surface area contributed by atoms with Gasteiger partial charge in [-0.05, 0) is 111 Å². The van der Waals surface area contributed by atoms with Crippen LogP contribution in [-0.4, -0.2) is 167 Å². The average Bonchev–Trinajstić information content (AvgIpc) is 4.08. The van der Waals surface area contributed by atoms with Crippen molar-refractivity contribution in [3.05, 3.63) is 59.7 Å². The molecular weight excluding hydrogens is 957 g/mol. The molecule has 9 amide bonds. The summed E-state index contributed by atoms with van der Waals surface area (Å²) in [7, 11) is 0. The van der Waals surface area contributed by atoms with Gasteiger partial charge in [-0.1, -0.05) is 36.4 Å². The van der Waals surface area contributed by atoms with Crippen molar-refractivity contribution in [2.45, 2.75) is 109 Å². The van der Waals surface area contributed by atoms with Gasteiger partial charge in [0.2, 0.25) is 11.5 Å². The second-order valence-electron chi connectivity index (χ2n) is 20.3. The summed E-state index contributed by atoms with van der Waals surface area (Å²) in [5.41, 5.74) is 5.12. The normalized spacial score (nSPS) is 23.6. The van der Waals surface area contributed by atoms with E-state index in [1.807, 2.05) is 84.0 Å². The molecule has 6 saturated heterocycles. The van der Waals surface area contributed by atoms with Crippen LogP contribution < -0.4 is 21.7 Å². The van der Waals surface area contributed by atoms with Crippen molar-refractivity contribution in [2.24, 2.45) is 11.1 Å². The minimum Gasteiger partial charge on any atom is -0.431 e. The number of thiophene rings is 2. The summed E-state index contributed by atoms with van der Waals surface area (Å²) >= 11 is 2.78. The Labute approximate surface area is 428 Å². The summed E-state index contributed by atoms with van der Waals surface area (Å²) in [6.45, 7) is 15.4. The van der Waals surface area contributed by atoms with Crippen LogP contribution in [0.3, 0.4) is 0 Å². The zero-order valence-corrected chi connectivity index (χ0v) is 43.5. The Morgan fingerprint density at radius 2 is 1.22 bits per heavy atom. The second kappa shape index (κ2) is 21.3. The van der Waals surface area contributed by atoms with Gasteiger partial charge in [-0.2, -0.15) is 0 Å². The quantitative estimate of drug-likeness (QED) is 0.133. The first-order chi connectivity index (χ1) is 34.7. The van der Waals surface area contributed by atoms with E-state index in [1.165, 1.54) is 27.6 Å². The van der Waals surface area contributed by atoms with Gasteiger partial charge in [0.1, 0.15) is 10.0 Å². The molecule has 0 aliphatic carbocycles. The molecule has 0 radical (unpaired) electrons. The zero-order valence-electron chi connectivity index (χ0n) is 41.8. The Kier molecular flexibility index (Phi) is 15.1. The number of rotatable bonds is 9. The highest BCUT2D eigenvalue weighted by Gasteiger charge is 2.57. The predicted molar refractivity (Wildman–Crippen MR) is 280 cm³/mol. The maximum atomic E-state index is 13.7. The number of piperidine rings is 4. The number of primary amides is 1. The lowest BCUT2D eigenvalue weighted by Crippen LogP contribution is -2.58. The maximum absolute atomic E-state index is 13.7. The van der Waals surface area contributed by atoms with Gasteiger partial charge in [-0.3, -0.25) is 39.6 Å². The number of imide groups is 1. The molecule has 6 aliphatic heterocycles. The smallest absolute Gasteiger partial charge is 0.418 e. The largest absolute Gasteiger partial charge is 0.431 e. The van der Waals surface area contributed by atoms with Gasteiger partial charge in [0.05, 0.1) is 16.5 Å². The molecule has 10 rings (SSSR count).